The predicted molar refractivity (Wildman–Crippen MR) is 125 cm³/mol. The Labute approximate surface area is 186 Å². The van der Waals surface area contributed by atoms with Crippen molar-refractivity contribution < 1.29 is 9.53 Å². The Morgan fingerprint density at radius 1 is 1.00 bits per heavy atom. The van der Waals surface area contributed by atoms with Gasteiger partial charge in [0, 0.05) is 35.9 Å². The molecular formula is C25H23N5O2. The van der Waals surface area contributed by atoms with Gasteiger partial charge in [-0.25, -0.2) is 15.0 Å². The van der Waals surface area contributed by atoms with Gasteiger partial charge in [-0.2, -0.15) is 0 Å². The zero-order valence-electron chi connectivity index (χ0n) is 17.8. The molecule has 1 saturated heterocycles. The molecule has 0 spiro atoms. The highest BCUT2D eigenvalue weighted by molar-refractivity contribution is 6.04. The van der Waals surface area contributed by atoms with E-state index in [2.05, 4.69) is 25.2 Å². The molecule has 7 heteroatoms. The van der Waals surface area contributed by atoms with Crippen LogP contribution >= 0.6 is 0 Å². The smallest absolute Gasteiger partial charge is 0.257 e. The van der Waals surface area contributed by atoms with Crippen molar-refractivity contribution in [3.05, 3.63) is 78.2 Å². The van der Waals surface area contributed by atoms with Crippen molar-refractivity contribution in [2.24, 2.45) is 0 Å². The predicted octanol–water partition coefficient (Wildman–Crippen LogP) is 4.09. The molecule has 32 heavy (non-hydrogen) atoms. The molecule has 1 fully saturated rings. The van der Waals surface area contributed by atoms with Crippen molar-refractivity contribution >= 4 is 28.3 Å². The molecule has 2 aromatic heterocycles. The minimum absolute atomic E-state index is 0.201. The number of fused-ring (bicyclic) bond motifs is 1. The van der Waals surface area contributed by atoms with E-state index in [1.807, 2.05) is 55.5 Å². The first-order chi connectivity index (χ1) is 15.7. The van der Waals surface area contributed by atoms with E-state index < -0.39 is 0 Å². The Hall–Kier alpha value is -3.84. The third kappa shape index (κ3) is 4.02. The number of aromatic nitrogens is 3. The normalized spacial score (nSPS) is 13.8. The maximum absolute atomic E-state index is 12.8. The summed E-state index contributed by atoms with van der Waals surface area (Å²) in [6.45, 7) is 5.04. The fraction of sp³-hybridized carbons (Fsp3) is 0.200. The van der Waals surface area contributed by atoms with Crippen LogP contribution in [-0.2, 0) is 4.74 Å². The van der Waals surface area contributed by atoms with Crippen LogP contribution in [0.5, 0.6) is 0 Å². The van der Waals surface area contributed by atoms with E-state index >= 15 is 0 Å². The Morgan fingerprint density at radius 3 is 2.66 bits per heavy atom. The van der Waals surface area contributed by atoms with Crippen molar-refractivity contribution in [3.63, 3.8) is 0 Å². The summed E-state index contributed by atoms with van der Waals surface area (Å²) in [6, 6.07) is 17.4. The van der Waals surface area contributed by atoms with E-state index in [9.17, 15) is 4.79 Å². The second kappa shape index (κ2) is 8.72. The van der Waals surface area contributed by atoms with Gasteiger partial charge in [0.15, 0.2) is 0 Å². The maximum atomic E-state index is 12.8. The highest BCUT2D eigenvalue weighted by atomic mass is 16.5. The summed E-state index contributed by atoms with van der Waals surface area (Å²) < 4.78 is 5.38. The van der Waals surface area contributed by atoms with Crippen LogP contribution in [0.2, 0.25) is 0 Å². The molecule has 0 saturated carbocycles. The number of benzene rings is 2. The molecule has 0 atom stereocenters. The summed E-state index contributed by atoms with van der Waals surface area (Å²) >= 11 is 0. The van der Waals surface area contributed by atoms with Crippen molar-refractivity contribution in [3.8, 4) is 11.3 Å². The molecule has 7 nitrogen and oxygen atoms in total. The van der Waals surface area contributed by atoms with Gasteiger partial charge in [0.05, 0.1) is 30.0 Å². The monoisotopic (exact) mass is 425 g/mol. The average Bonchev–Trinajstić information content (AvgIpc) is 2.85. The van der Waals surface area contributed by atoms with Gasteiger partial charge in [-0.15, -0.1) is 0 Å². The van der Waals surface area contributed by atoms with Gasteiger partial charge in [-0.05, 0) is 42.8 Å². The van der Waals surface area contributed by atoms with E-state index in [1.54, 1.807) is 18.6 Å². The van der Waals surface area contributed by atoms with Gasteiger partial charge in [0.25, 0.3) is 5.91 Å². The lowest BCUT2D eigenvalue weighted by Gasteiger charge is -2.27. The molecule has 0 radical (unpaired) electrons. The molecule has 1 aliphatic rings. The summed E-state index contributed by atoms with van der Waals surface area (Å²) in [5, 5.41) is 3.96. The fourth-order valence-corrected chi connectivity index (χ4v) is 3.88. The number of carbonyl (C=O) groups excluding carboxylic acids is 1. The number of hydrogen-bond donors (Lipinski definition) is 1. The zero-order valence-corrected chi connectivity index (χ0v) is 17.8. The van der Waals surface area contributed by atoms with Crippen LogP contribution in [0.15, 0.2) is 67.1 Å². The maximum Gasteiger partial charge on any atom is 0.257 e. The lowest BCUT2D eigenvalue weighted by Crippen LogP contribution is -2.36. The summed E-state index contributed by atoms with van der Waals surface area (Å²) in [4.78, 5) is 28.3. The highest BCUT2D eigenvalue weighted by Gasteiger charge is 2.15. The summed E-state index contributed by atoms with van der Waals surface area (Å²) in [7, 11) is 0. The van der Waals surface area contributed by atoms with Crippen LogP contribution in [0, 0.1) is 6.92 Å². The number of hydrogen-bond acceptors (Lipinski definition) is 6. The lowest BCUT2D eigenvalue weighted by atomic mass is 10.0. The summed E-state index contributed by atoms with van der Waals surface area (Å²) in [5.41, 5.74) is 4.98. The standard InChI is InChI=1S/C25H23N5O2/c1-17-6-8-19(14-21(17)24-20-4-2-3-5-22(20)27-16-28-24)29-25(31)18-7-9-23(26-15-18)30-10-12-32-13-11-30/h2-9,14-16H,10-13H2,1H3,(H,29,31). The van der Waals surface area contributed by atoms with Crippen LogP contribution in [0.1, 0.15) is 15.9 Å². The number of pyridine rings is 1. The van der Waals surface area contributed by atoms with Crippen LogP contribution in [-0.4, -0.2) is 47.2 Å². The van der Waals surface area contributed by atoms with Crippen LogP contribution in [0.4, 0.5) is 11.5 Å². The molecule has 1 amide bonds. The zero-order chi connectivity index (χ0) is 21.9. The number of ether oxygens (including phenoxy) is 1. The van der Waals surface area contributed by atoms with Gasteiger partial charge in [0.1, 0.15) is 12.1 Å². The van der Waals surface area contributed by atoms with Crippen LogP contribution in [0.25, 0.3) is 22.2 Å². The van der Waals surface area contributed by atoms with Gasteiger partial charge >= 0.3 is 0 Å². The number of carbonyl (C=O) groups is 1. The number of rotatable bonds is 4. The third-order valence-corrected chi connectivity index (χ3v) is 5.64. The quantitative estimate of drug-likeness (QED) is 0.531. The largest absolute Gasteiger partial charge is 0.378 e. The van der Waals surface area contributed by atoms with E-state index in [1.165, 1.54) is 0 Å². The minimum Gasteiger partial charge on any atom is -0.378 e. The molecular weight excluding hydrogens is 402 g/mol. The molecule has 5 rings (SSSR count). The number of nitrogens with zero attached hydrogens (tertiary/aromatic N) is 4. The molecule has 4 aromatic rings. The van der Waals surface area contributed by atoms with Crippen LogP contribution in [0.3, 0.4) is 0 Å². The number of anilines is 2. The molecule has 1 N–H and O–H groups in total. The fourth-order valence-electron chi connectivity index (χ4n) is 3.88. The Kier molecular flexibility index (Phi) is 5.47. The first-order valence-corrected chi connectivity index (χ1v) is 10.6. The average molecular weight is 425 g/mol. The number of para-hydroxylation sites is 1. The molecule has 1 aliphatic heterocycles. The number of amides is 1. The topological polar surface area (TPSA) is 80.2 Å². The molecule has 2 aromatic carbocycles. The van der Waals surface area contributed by atoms with E-state index in [-0.39, 0.29) is 5.91 Å². The van der Waals surface area contributed by atoms with E-state index in [0.29, 0.717) is 24.5 Å². The first-order valence-electron chi connectivity index (χ1n) is 10.6. The number of aryl methyl sites for hydroxylation is 1. The Morgan fingerprint density at radius 2 is 1.84 bits per heavy atom. The summed E-state index contributed by atoms with van der Waals surface area (Å²) in [6.07, 6.45) is 3.19. The number of morpholine rings is 1. The molecule has 0 bridgehead atoms. The molecule has 0 unspecified atom stereocenters. The van der Waals surface area contributed by atoms with Crippen LogP contribution < -0.4 is 10.2 Å². The second-order valence-corrected chi connectivity index (χ2v) is 7.73. The van der Waals surface area contributed by atoms with Gasteiger partial charge in [-0.1, -0.05) is 24.3 Å². The molecule has 160 valence electrons. The summed E-state index contributed by atoms with van der Waals surface area (Å²) in [5.74, 6) is 0.659. The molecule has 3 heterocycles. The van der Waals surface area contributed by atoms with Crippen molar-refractivity contribution in [1.29, 1.82) is 0 Å². The van der Waals surface area contributed by atoms with Gasteiger partial charge in [-0.3, -0.25) is 4.79 Å². The Bertz CT molecular complexity index is 1260. The van der Waals surface area contributed by atoms with E-state index in [0.717, 1.165) is 46.6 Å². The second-order valence-electron chi connectivity index (χ2n) is 7.73. The van der Waals surface area contributed by atoms with E-state index in [4.69, 9.17) is 4.74 Å². The van der Waals surface area contributed by atoms with Gasteiger partial charge < -0.3 is 15.0 Å². The highest BCUT2D eigenvalue weighted by Crippen LogP contribution is 2.30. The first kappa shape index (κ1) is 20.1. The SMILES string of the molecule is Cc1ccc(NC(=O)c2ccc(N3CCOCC3)nc2)cc1-c1ncnc2ccccc12. The minimum atomic E-state index is -0.201. The van der Waals surface area contributed by atoms with Crippen molar-refractivity contribution in [2.75, 3.05) is 36.5 Å². The third-order valence-electron chi connectivity index (χ3n) is 5.64. The lowest BCUT2D eigenvalue weighted by molar-refractivity contribution is 0.102. The van der Waals surface area contributed by atoms with Crippen molar-refractivity contribution in [2.45, 2.75) is 6.92 Å². The number of nitrogens with one attached hydrogen (secondary N) is 1. The Balaban J connectivity index is 1.38. The van der Waals surface area contributed by atoms with Crippen molar-refractivity contribution in [1.82, 2.24) is 15.0 Å². The van der Waals surface area contributed by atoms with Gasteiger partial charge in [0.2, 0.25) is 0 Å². The molecule has 0 aliphatic carbocycles.